The van der Waals surface area contributed by atoms with Gasteiger partial charge in [0.15, 0.2) is 0 Å². The fourth-order valence-electron chi connectivity index (χ4n) is 2.06. The Morgan fingerprint density at radius 1 is 1.05 bits per heavy atom. The lowest BCUT2D eigenvalue weighted by Crippen LogP contribution is -2.18. The van der Waals surface area contributed by atoms with Crippen molar-refractivity contribution in [2.45, 2.75) is 33.4 Å². The number of nitrogens with one attached hydrogen (secondary N) is 1. The molecule has 1 atom stereocenters. The zero-order chi connectivity index (χ0) is 13.8. The number of rotatable bonds is 4. The van der Waals surface area contributed by atoms with Gasteiger partial charge in [-0.3, -0.25) is 0 Å². The summed E-state index contributed by atoms with van der Waals surface area (Å²) in [4.78, 5) is 0. The third-order valence-corrected chi connectivity index (χ3v) is 4.36. The summed E-state index contributed by atoms with van der Waals surface area (Å²) in [7, 11) is 0. The minimum absolute atomic E-state index is 0.353. The van der Waals surface area contributed by atoms with Crippen molar-refractivity contribution in [3.05, 3.63) is 69.2 Å². The Morgan fingerprint density at radius 2 is 1.79 bits per heavy atom. The van der Waals surface area contributed by atoms with Crippen LogP contribution in [0, 0.1) is 13.8 Å². The Balaban J connectivity index is 2.03. The Bertz CT molecular complexity index is 563. The normalized spacial score (nSPS) is 12.4. The van der Waals surface area contributed by atoms with Gasteiger partial charge in [-0.25, -0.2) is 0 Å². The second-order valence-electron chi connectivity index (χ2n) is 5.04. The van der Waals surface area contributed by atoms with Crippen LogP contribution in [0.4, 0.5) is 0 Å². The predicted octanol–water partition coefficient (Wildman–Crippen LogP) is 4.92. The molecule has 0 saturated carbocycles. The lowest BCUT2D eigenvalue weighted by Gasteiger charge is -2.16. The van der Waals surface area contributed by atoms with Crippen molar-refractivity contribution in [1.82, 2.24) is 5.32 Å². The van der Waals surface area contributed by atoms with E-state index in [9.17, 15) is 0 Å². The van der Waals surface area contributed by atoms with E-state index < -0.39 is 0 Å². The monoisotopic (exact) mass is 317 g/mol. The molecule has 100 valence electrons. The third-order valence-electron chi connectivity index (χ3n) is 3.59. The van der Waals surface area contributed by atoms with E-state index in [0.717, 1.165) is 11.0 Å². The summed E-state index contributed by atoms with van der Waals surface area (Å²) < 4.78 is 1.16. The van der Waals surface area contributed by atoms with Gasteiger partial charge in [0, 0.05) is 17.1 Å². The number of aryl methyl sites for hydroxylation is 2. The van der Waals surface area contributed by atoms with Crippen LogP contribution >= 0.6 is 15.9 Å². The van der Waals surface area contributed by atoms with Gasteiger partial charge in [-0.2, -0.15) is 0 Å². The predicted molar refractivity (Wildman–Crippen MR) is 85.3 cm³/mol. The summed E-state index contributed by atoms with van der Waals surface area (Å²) >= 11 is 3.58. The molecule has 2 rings (SSSR count). The highest BCUT2D eigenvalue weighted by Crippen LogP contribution is 2.19. The Hall–Kier alpha value is -1.12. The molecular weight excluding hydrogens is 298 g/mol. The summed E-state index contributed by atoms with van der Waals surface area (Å²) in [6.07, 6.45) is 0. The van der Waals surface area contributed by atoms with Gasteiger partial charge in [0.25, 0.3) is 0 Å². The van der Waals surface area contributed by atoms with Gasteiger partial charge in [-0.15, -0.1) is 0 Å². The molecule has 0 aliphatic rings. The first-order valence-electron chi connectivity index (χ1n) is 6.62. The lowest BCUT2D eigenvalue weighted by molar-refractivity contribution is 0.573. The van der Waals surface area contributed by atoms with Crippen LogP contribution in [0.1, 0.15) is 35.2 Å². The maximum atomic E-state index is 3.58. The van der Waals surface area contributed by atoms with Crippen LogP contribution in [0.25, 0.3) is 0 Å². The lowest BCUT2D eigenvalue weighted by atomic mass is 10.0. The average Bonchev–Trinajstić information content (AvgIpc) is 2.40. The van der Waals surface area contributed by atoms with E-state index in [2.05, 4.69) is 78.4 Å². The maximum absolute atomic E-state index is 3.58. The third kappa shape index (κ3) is 3.68. The molecule has 0 spiro atoms. The van der Waals surface area contributed by atoms with Crippen LogP contribution in [0.2, 0.25) is 0 Å². The summed E-state index contributed by atoms with van der Waals surface area (Å²) in [5, 5.41) is 3.57. The van der Waals surface area contributed by atoms with E-state index in [-0.39, 0.29) is 0 Å². The number of benzene rings is 2. The molecule has 1 unspecified atom stereocenters. The molecule has 0 fully saturated rings. The van der Waals surface area contributed by atoms with E-state index in [1.165, 1.54) is 22.3 Å². The largest absolute Gasteiger partial charge is 0.306 e. The van der Waals surface area contributed by atoms with Crippen LogP contribution in [0.15, 0.2) is 46.9 Å². The van der Waals surface area contributed by atoms with Crippen molar-refractivity contribution >= 4 is 15.9 Å². The first kappa shape index (κ1) is 14.3. The van der Waals surface area contributed by atoms with Gasteiger partial charge in [-0.1, -0.05) is 52.3 Å². The first-order valence-corrected chi connectivity index (χ1v) is 7.41. The second-order valence-corrected chi connectivity index (χ2v) is 5.89. The van der Waals surface area contributed by atoms with Gasteiger partial charge in [0.05, 0.1) is 0 Å². The quantitative estimate of drug-likeness (QED) is 0.844. The molecule has 0 radical (unpaired) electrons. The molecule has 1 N–H and O–H groups in total. The molecule has 0 aromatic heterocycles. The Labute approximate surface area is 124 Å². The standard InChI is InChI=1S/C17H20BrN/c1-12-8-9-15(10-13(12)2)14(3)19-11-16-6-4-5-7-17(16)18/h4-10,14,19H,11H2,1-3H3. The second kappa shape index (κ2) is 6.36. The van der Waals surface area contributed by atoms with Gasteiger partial charge in [-0.05, 0) is 49.1 Å². The van der Waals surface area contributed by atoms with E-state index in [1.54, 1.807) is 0 Å². The van der Waals surface area contributed by atoms with Gasteiger partial charge >= 0.3 is 0 Å². The zero-order valence-corrected chi connectivity index (χ0v) is 13.3. The topological polar surface area (TPSA) is 12.0 Å². The fraction of sp³-hybridized carbons (Fsp3) is 0.294. The molecule has 0 aliphatic heterocycles. The van der Waals surface area contributed by atoms with E-state index in [0.29, 0.717) is 6.04 Å². The molecular formula is C17H20BrN. The summed E-state index contributed by atoms with van der Waals surface area (Å²) in [5.41, 5.74) is 5.34. The maximum Gasteiger partial charge on any atom is 0.0295 e. The highest BCUT2D eigenvalue weighted by atomic mass is 79.9. The van der Waals surface area contributed by atoms with Crippen molar-refractivity contribution in [3.8, 4) is 0 Å². The van der Waals surface area contributed by atoms with Gasteiger partial charge < -0.3 is 5.32 Å². The minimum Gasteiger partial charge on any atom is -0.306 e. The molecule has 0 heterocycles. The number of halogens is 1. The summed E-state index contributed by atoms with van der Waals surface area (Å²) in [5.74, 6) is 0. The van der Waals surface area contributed by atoms with E-state index in [4.69, 9.17) is 0 Å². The molecule has 2 aromatic carbocycles. The molecule has 0 saturated heterocycles. The first-order chi connectivity index (χ1) is 9.08. The molecule has 19 heavy (non-hydrogen) atoms. The summed E-state index contributed by atoms with van der Waals surface area (Å²) in [6, 6.07) is 15.4. The highest BCUT2D eigenvalue weighted by Gasteiger charge is 2.07. The number of hydrogen-bond acceptors (Lipinski definition) is 1. The van der Waals surface area contributed by atoms with Crippen LogP contribution in [-0.4, -0.2) is 0 Å². The smallest absolute Gasteiger partial charge is 0.0295 e. The van der Waals surface area contributed by atoms with Crippen LogP contribution in [0.5, 0.6) is 0 Å². The minimum atomic E-state index is 0.353. The van der Waals surface area contributed by atoms with Crippen molar-refractivity contribution in [2.24, 2.45) is 0 Å². The van der Waals surface area contributed by atoms with E-state index >= 15 is 0 Å². The average molecular weight is 318 g/mol. The molecule has 0 amide bonds. The van der Waals surface area contributed by atoms with Crippen molar-refractivity contribution < 1.29 is 0 Å². The Morgan fingerprint density at radius 3 is 2.47 bits per heavy atom. The van der Waals surface area contributed by atoms with Crippen molar-refractivity contribution in [1.29, 1.82) is 0 Å². The van der Waals surface area contributed by atoms with Crippen LogP contribution in [0.3, 0.4) is 0 Å². The van der Waals surface area contributed by atoms with Crippen LogP contribution < -0.4 is 5.32 Å². The molecule has 2 heteroatoms. The molecule has 1 nitrogen and oxygen atoms in total. The molecule has 2 aromatic rings. The van der Waals surface area contributed by atoms with Crippen molar-refractivity contribution in [2.75, 3.05) is 0 Å². The zero-order valence-electron chi connectivity index (χ0n) is 11.7. The SMILES string of the molecule is Cc1ccc(C(C)NCc2ccccc2Br)cc1C. The van der Waals surface area contributed by atoms with Gasteiger partial charge in [0.1, 0.15) is 0 Å². The fourth-order valence-corrected chi connectivity index (χ4v) is 2.48. The van der Waals surface area contributed by atoms with Crippen molar-refractivity contribution in [3.63, 3.8) is 0 Å². The molecule has 0 bridgehead atoms. The highest BCUT2D eigenvalue weighted by molar-refractivity contribution is 9.10. The summed E-state index contributed by atoms with van der Waals surface area (Å²) in [6.45, 7) is 7.40. The van der Waals surface area contributed by atoms with E-state index in [1.807, 2.05) is 6.07 Å². The molecule has 0 aliphatic carbocycles. The van der Waals surface area contributed by atoms with Crippen LogP contribution in [-0.2, 0) is 6.54 Å². The Kier molecular flexibility index (Phi) is 4.78. The van der Waals surface area contributed by atoms with Gasteiger partial charge in [0.2, 0.25) is 0 Å². The number of hydrogen-bond donors (Lipinski definition) is 1.